The summed E-state index contributed by atoms with van der Waals surface area (Å²) in [6, 6.07) is 8.95. The van der Waals surface area contributed by atoms with E-state index in [1.54, 1.807) is 12.1 Å². The van der Waals surface area contributed by atoms with Crippen LogP contribution in [0.5, 0.6) is 11.5 Å². The van der Waals surface area contributed by atoms with Crippen LogP contribution in [-0.4, -0.2) is 32.4 Å². The van der Waals surface area contributed by atoms with Gasteiger partial charge in [-0.05, 0) is 41.8 Å². The molecule has 27 heavy (non-hydrogen) atoms. The average molecular weight is 374 g/mol. The minimum Gasteiger partial charge on any atom is -0.507 e. The van der Waals surface area contributed by atoms with Crippen molar-refractivity contribution in [3.05, 3.63) is 58.7 Å². The van der Waals surface area contributed by atoms with Crippen LogP contribution in [0.15, 0.2) is 36.4 Å². The number of rotatable bonds is 6. The standard InChI is InChI=1S/C19H22N2O6/c1-3-8-19(2,11-4-6-15(22)13(9-11)17(24)20-26)12-5-7-16(23)14(10-12)18(25)21-27/h4-7,9-10,22-23,26-27H,3,8H2,1-2H3,(H,20,24)(H,21,25). The number of benzene rings is 2. The van der Waals surface area contributed by atoms with Gasteiger partial charge in [0.2, 0.25) is 0 Å². The number of phenolic OH excluding ortho intramolecular Hbond substituents is 2. The molecule has 0 saturated heterocycles. The van der Waals surface area contributed by atoms with E-state index in [9.17, 15) is 19.8 Å². The number of aromatic hydroxyl groups is 2. The Hall–Kier alpha value is -3.10. The van der Waals surface area contributed by atoms with Gasteiger partial charge in [-0.15, -0.1) is 0 Å². The third kappa shape index (κ3) is 3.86. The predicted octanol–water partition coefficient (Wildman–Crippen LogP) is 2.44. The minimum atomic E-state index is -0.848. The number of phenols is 2. The Morgan fingerprint density at radius 1 is 0.889 bits per heavy atom. The van der Waals surface area contributed by atoms with Gasteiger partial charge < -0.3 is 10.2 Å². The van der Waals surface area contributed by atoms with Crippen molar-refractivity contribution in [1.82, 2.24) is 11.0 Å². The highest BCUT2D eigenvalue weighted by Crippen LogP contribution is 2.39. The molecule has 0 spiro atoms. The number of amides is 2. The Balaban J connectivity index is 2.65. The smallest absolute Gasteiger partial charge is 0.278 e. The lowest BCUT2D eigenvalue weighted by Gasteiger charge is -2.31. The fourth-order valence-electron chi connectivity index (χ4n) is 3.20. The van der Waals surface area contributed by atoms with E-state index in [0.29, 0.717) is 17.5 Å². The molecular formula is C19H22N2O6. The average Bonchev–Trinajstić information content (AvgIpc) is 2.67. The third-order valence-electron chi connectivity index (χ3n) is 4.71. The van der Waals surface area contributed by atoms with E-state index in [2.05, 4.69) is 0 Å². The summed E-state index contributed by atoms with van der Waals surface area (Å²) in [6.07, 6.45) is 1.39. The molecule has 0 fully saturated rings. The second kappa shape index (κ2) is 8.07. The normalized spacial score (nSPS) is 11.1. The van der Waals surface area contributed by atoms with Crippen LogP contribution in [0.1, 0.15) is 58.5 Å². The number of hydrogen-bond donors (Lipinski definition) is 6. The Labute approximate surface area is 156 Å². The monoisotopic (exact) mass is 374 g/mol. The number of nitrogens with one attached hydrogen (secondary N) is 2. The third-order valence-corrected chi connectivity index (χ3v) is 4.71. The van der Waals surface area contributed by atoms with Crippen LogP contribution in [0.2, 0.25) is 0 Å². The molecular weight excluding hydrogens is 352 g/mol. The van der Waals surface area contributed by atoms with E-state index < -0.39 is 17.2 Å². The first kappa shape index (κ1) is 20.2. The molecule has 0 bridgehead atoms. The first-order valence-electron chi connectivity index (χ1n) is 8.34. The van der Waals surface area contributed by atoms with Crippen molar-refractivity contribution < 1.29 is 30.2 Å². The Bertz CT molecular complexity index is 800. The van der Waals surface area contributed by atoms with Crippen LogP contribution in [0, 0.1) is 0 Å². The summed E-state index contributed by atoms with van der Waals surface area (Å²) < 4.78 is 0. The summed E-state index contributed by atoms with van der Waals surface area (Å²) in [5.74, 6) is -2.26. The van der Waals surface area contributed by atoms with Crippen LogP contribution >= 0.6 is 0 Å². The van der Waals surface area contributed by atoms with Gasteiger partial charge in [0, 0.05) is 5.41 Å². The summed E-state index contributed by atoms with van der Waals surface area (Å²) >= 11 is 0. The minimum absolute atomic E-state index is 0.0931. The maximum atomic E-state index is 11.8. The first-order valence-corrected chi connectivity index (χ1v) is 8.34. The lowest BCUT2D eigenvalue weighted by atomic mass is 9.72. The molecule has 0 radical (unpaired) electrons. The molecule has 0 unspecified atom stereocenters. The Kier molecular flexibility index (Phi) is 6.04. The van der Waals surface area contributed by atoms with Crippen molar-refractivity contribution in [2.75, 3.05) is 0 Å². The highest BCUT2D eigenvalue weighted by molar-refractivity contribution is 5.97. The molecule has 2 aromatic rings. The van der Waals surface area contributed by atoms with Gasteiger partial charge in [0.15, 0.2) is 0 Å². The Morgan fingerprint density at radius 3 is 1.63 bits per heavy atom. The summed E-state index contributed by atoms with van der Waals surface area (Å²) in [5.41, 5.74) is 3.47. The maximum Gasteiger partial charge on any atom is 0.278 e. The number of hydroxylamine groups is 2. The number of carbonyl (C=O) groups is 2. The van der Waals surface area contributed by atoms with Crippen molar-refractivity contribution in [2.45, 2.75) is 32.1 Å². The second-order valence-electron chi connectivity index (χ2n) is 6.43. The molecule has 2 rings (SSSR count). The van der Waals surface area contributed by atoms with E-state index >= 15 is 0 Å². The van der Waals surface area contributed by atoms with Crippen molar-refractivity contribution in [1.29, 1.82) is 0 Å². The molecule has 0 aliphatic heterocycles. The number of hydrogen-bond acceptors (Lipinski definition) is 6. The van der Waals surface area contributed by atoms with Crippen LogP contribution in [0.3, 0.4) is 0 Å². The van der Waals surface area contributed by atoms with Gasteiger partial charge in [-0.1, -0.05) is 32.4 Å². The summed E-state index contributed by atoms with van der Waals surface area (Å²) in [7, 11) is 0. The van der Waals surface area contributed by atoms with Gasteiger partial charge in [0.1, 0.15) is 11.5 Å². The zero-order valence-electron chi connectivity index (χ0n) is 15.0. The van der Waals surface area contributed by atoms with Gasteiger partial charge in [-0.3, -0.25) is 20.0 Å². The molecule has 0 heterocycles. The molecule has 8 heteroatoms. The summed E-state index contributed by atoms with van der Waals surface area (Å²) in [5, 5.41) is 37.6. The van der Waals surface area contributed by atoms with Gasteiger partial charge in [-0.2, -0.15) is 0 Å². The van der Waals surface area contributed by atoms with Crippen LogP contribution in [0.25, 0.3) is 0 Å². The summed E-state index contributed by atoms with van der Waals surface area (Å²) in [4.78, 5) is 23.6. The lowest BCUT2D eigenvalue weighted by Crippen LogP contribution is -2.26. The highest BCUT2D eigenvalue weighted by atomic mass is 16.5. The molecule has 0 saturated carbocycles. The quantitative estimate of drug-likeness (QED) is 0.339. The SMILES string of the molecule is CCCC(C)(c1ccc(O)c(C(=O)NO)c1)c1ccc(O)c(C(=O)NO)c1. The molecule has 0 atom stereocenters. The van der Waals surface area contributed by atoms with Gasteiger partial charge >= 0.3 is 0 Å². The molecule has 6 N–H and O–H groups in total. The van der Waals surface area contributed by atoms with E-state index in [4.69, 9.17) is 10.4 Å². The lowest BCUT2D eigenvalue weighted by molar-refractivity contribution is 0.0699. The van der Waals surface area contributed by atoms with Crippen LogP contribution in [0.4, 0.5) is 0 Å². The van der Waals surface area contributed by atoms with Crippen LogP contribution < -0.4 is 11.0 Å². The van der Waals surface area contributed by atoms with Crippen molar-refractivity contribution in [2.24, 2.45) is 0 Å². The predicted molar refractivity (Wildman–Crippen MR) is 96.1 cm³/mol. The second-order valence-corrected chi connectivity index (χ2v) is 6.43. The van der Waals surface area contributed by atoms with Gasteiger partial charge in [0.05, 0.1) is 11.1 Å². The molecule has 8 nitrogen and oxygen atoms in total. The summed E-state index contributed by atoms with van der Waals surface area (Å²) in [6.45, 7) is 3.87. The maximum absolute atomic E-state index is 11.8. The molecule has 0 aliphatic carbocycles. The van der Waals surface area contributed by atoms with E-state index in [1.807, 2.05) is 13.8 Å². The zero-order chi connectivity index (χ0) is 20.2. The van der Waals surface area contributed by atoms with Gasteiger partial charge in [0.25, 0.3) is 11.8 Å². The van der Waals surface area contributed by atoms with Crippen molar-refractivity contribution >= 4 is 11.8 Å². The molecule has 0 aliphatic rings. The number of carbonyl (C=O) groups excluding carboxylic acids is 2. The van der Waals surface area contributed by atoms with E-state index in [0.717, 1.165) is 6.42 Å². The van der Waals surface area contributed by atoms with E-state index in [-0.39, 0.29) is 22.6 Å². The van der Waals surface area contributed by atoms with Crippen molar-refractivity contribution in [3.63, 3.8) is 0 Å². The largest absolute Gasteiger partial charge is 0.507 e. The molecule has 2 aromatic carbocycles. The molecule has 0 aromatic heterocycles. The fourth-order valence-corrected chi connectivity index (χ4v) is 3.20. The first-order chi connectivity index (χ1) is 12.8. The zero-order valence-corrected chi connectivity index (χ0v) is 15.0. The highest BCUT2D eigenvalue weighted by Gasteiger charge is 2.31. The molecule has 144 valence electrons. The van der Waals surface area contributed by atoms with Crippen LogP contribution in [-0.2, 0) is 5.41 Å². The van der Waals surface area contributed by atoms with Gasteiger partial charge in [-0.25, -0.2) is 11.0 Å². The topological polar surface area (TPSA) is 139 Å². The molecule has 2 amide bonds. The van der Waals surface area contributed by atoms with Crippen molar-refractivity contribution in [3.8, 4) is 11.5 Å². The Morgan fingerprint density at radius 2 is 1.30 bits per heavy atom. The van der Waals surface area contributed by atoms with E-state index in [1.165, 1.54) is 35.2 Å². The fraction of sp³-hybridized carbons (Fsp3) is 0.263.